The number of halogens is 2. The molecule has 1 unspecified atom stereocenters. The fourth-order valence-corrected chi connectivity index (χ4v) is 4.25. The number of aryl methyl sites for hydroxylation is 1. The second-order valence-corrected chi connectivity index (χ2v) is 6.80. The van der Waals surface area contributed by atoms with Crippen LogP contribution in [0, 0.1) is 5.82 Å². The van der Waals surface area contributed by atoms with E-state index in [4.69, 9.17) is 4.74 Å². The van der Waals surface area contributed by atoms with Gasteiger partial charge in [0.05, 0.1) is 11.7 Å². The number of aromatic nitrogens is 2. The zero-order valence-corrected chi connectivity index (χ0v) is 14.6. The number of ether oxygens (including phenoxy) is 1. The number of hydrogen-bond acceptors (Lipinski definition) is 2. The highest BCUT2D eigenvalue weighted by molar-refractivity contribution is 9.10. The van der Waals surface area contributed by atoms with Gasteiger partial charge in [-0.1, -0.05) is 13.0 Å². The second-order valence-electron chi connectivity index (χ2n) is 6.01. The summed E-state index contributed by atoms with van der Waals surface area (Å²) in [6, 6.07) is 5.49. The molecule has 1 aromatic heterocycles. The first kappa shape index (κ1) is 15.1. The number of benzene rings is 2. The molecule has 1 atom stereocenters. The molecule has 0 amide bonds. The summed E-state index contributed by atoms with van der Waals surface area (Å²) < 4.78 is 22.9. The Bertz CT molecular complexity index is 884. The highest BCUT2D eigenvalue weighted by atomic mass is 79.9. The quantitative estimate of drug-likeness (QED) is 0.602. The van der Waals surface area contributed by atoms with Gasteiger partial charge < -0.3 is 4.74 Å². The molecular formula is C18H18BrFN2O. The Hall–Kier alpha value is -1.46. The molecule has 0 spiro atoms. The van der Waals surface area contributed by atoms with Gasteiger partial charge in [-0.2, -0.15) is 5.10 Å². The van der Waals surface area contributed by atoms with Crippen molar-refractivity contribution in [1.82, 2.24) is 9.78 Å². The summed E-state index contributed by atoms with van der Waals surface area (Å²) in [4.78, 5) is 0. The molecule has 0 radical (unpaired) electrons. The maximum absolute atomic E-state index is 14.1. The Morgan fingerprint density at radius 2 is 2.26 bits per heavy atom. The van der Waals surface area contributed by atoms with Crippen LogP contribution in [0.25, 0.3) is 21.7 Å². The van der Waals surface area contributed by atoms with Gasteiger partial charge in [0.2, 0.25) is 0 Å². The summed E-state index contributed by atoms with van der Waals surface area (Å²) in [5.74, 6) is -0.150. The van der Waals surface area contributed by atoms with Gasteiger partial charge >= 0.3 is 0 Å². The maximum Gasteiger partial charge on any atom is 0.150 e. The zero-order chi connectivity index (χ0) is 16.0. The number of nitrogens with zero attached hydrogens (tertiary/aromatic N) is 2. The summed E-state index contributed by atoms with van der Waals surface area (Å²) in [5.41, 5.74) is 1.78. The van der Waals surface area contributed by atoms with E-state index in [9.17, 15) is 4.39 Å². The van der Waals surface area contributed by atoms with Crippen molar-refractivity contribution in [3.63, 3.8) is 0 Å². The van der Waals surface area contributed by atoms with Crippen molar-refractivity contribution >= 4 is 37.6 Å². The molecule has 3 nitrogen and oxygen atoms in total. The van der Waals surface area contributed by atoms with Gasteiger partial charge in [-0.25, -0.2) is 9.07 Å². The molecular weight excluding hydrogens is 359 g/mol. The molecule has 1 fully saturated rings. The smallest absolute Gasteiger partial charge is 0.150 e. The lowest BCUT2D eigenvalue weighted by atomic mass is 10.0. The van der Waals surface area contributed by atoms with Gasteiger partial charge in [0, 0.05) is 21.9 Å². The van der Waals surface area contributed by atoms with Crippen LogP contribution in [0.1, 0.15) is 38.0 Å². The van der Waals surface area contributed by atoms with E-state index in [-0.39, 0.29) is 12.0 Å². The summed E-state index contributed by atoms with van der Waals surface area (Å²) >= 11 is 3.68. The van der Waals surface area contributed by atoms with Gasteiger partial charge in [0.25, 0.3) is 0 Å². The van der Waals surface area contributed by atoms with E-state index in [0.717, 1.165) is 57.6 Å². The molecule has 2 heterocycles. The monoisotopic (exact) mass is 376 g/mol. The minimum atomic E-state index is -0.150. The van der Waals surface area contributed by atoms with Gasteiger partial charge in [-0.05, 0) is 64.7 Å². The van der Waals surface area contributed by atoms with Crippen LogP contribution in [0.3, 0.4) is 0 Å². The molecule has 1 aliphatic rings. The Morgan fingerprint density at radius 3 is 3.00 bits per heavy atom. The largest absolute Gasteiger partial charge is 0.356 e. The Labute approximate surface area is 142 Å². The lowest BCUT2D eigenvalue weighted by Gasteiger charge is -2.23. The lowest BCUT2D eigenvalue weighted by molar-refractivity contribution is -0.0366. The van der Waals surface area contributed by atoms with E-state index in [2.05, 4.69) is 27.1 Å². The Kier molecular flexibility index (Phi) is 3.85. The molecule has 1 saturated heterocycles. The second kappa shape index (κ2) is 5.87. The van der Waals surface area contributed by atoms with Gasteiger partial charge in [-0.15, -0.1) is 0 Å². The molecule has 1 aliphatic heterocycles. The molecule has 120 valence electrons. The summed E-state index contributed by atoms with van der Waals surface area (Å²) in [6.07, 6.45) is 5.76. The third-order valence-corrected chi connectivity index (χ3v) is 5.48. The standard InChI is InChI=1S/C18H18BrFN2O/c1-2-12-14(20)7-6-11-9-15-13(18(19)17(11)12)10-21-22(15)16-5-3-4-8-23-16/h6-7,9-10,16H,2-5,8H2,1H3. The van der Waals surface area contributed by atoms with Gasteiger partial charge in [-0.3, -0.25) is 0 Å². The van der Waals surface area contributed by atoms with Crippen molar-refractivity contribution in [1.29, 1.82) is 0 Å². The van der Waals surface area contributed by atoms with Crippen molar-refractivity contribution in [3.05, 3.63) is 40.2 Å². The predicted molar refractivity (Wildman–Crippen MR) is 93.1 cm³/mol. The SMILES string of the molecule is CCc1c(F)ccc2cc3c(cnn3C3CCCCO3)c(Br)c12. The fraction of sp³-hybridized carbons (Fsp3) is 0.389. The average Bonchev–Trinajstić information content (AvgIpc) is 3.00. The van der Waals surface area contributed by atoms with E-state index in [0.29, 0.717) is 6.42 Å². The number of rotatable bonds is 2. The average molecular weight is 377 g/mol. The highest BCUT2D eigenvalue weighted by Crippen LogP contribution is 2.37. The normalized spacial score (nSPS) is 18.8. The van der Waals surface area contributed by atoms with Crippen LogP contribution < -0.4 is 0 Å². The van der Waals surface area contributed by atoms with Crippen LogP contribution in [-0.2, 0) is 11.2 Å². The Balaban J connectivity index is 1.98. The topological polar surface area (TPSA) is 27.1 Å². The summed E-state index contributed by atoms with van der Waals surface area (Å²) in [5, 5.41) is 7.53. The molecule has 4 rings (SSSR count). The molecule has 0 N–H and O–H groups in total. The van der Waals surface area contributed by atoms with Crippen molar-refractivity contribution in [2.75, 3.05) is 6.61 Å². The Morgan fingerprint density at radius 1 is 1.39 bits per heavy atom. The van der Waals surface area contributed by atoms with Gasteiger partial charge in [0.15, 0.2) is 6.23 Å². The lowest BCUT2D eigenvalue weighted by Crippen LogP contribution is -2.18. The van der Waals surface area contributed by atoms with Crippen LogP contribution in [0.5, 0.6) is 0 Å². The van der Waals surface area contributed by atoms with Crippen LogP contribution in [0.2, 0.25) is 0 Å². The number of hydrogen-bond donors (Lipinski definition) is 0. The molecule has 0 saturated carbocycles. The summed E-state index contributed by atoms with van der Waals surface area (Å²) in [7, 11) is 0. The molecule has 2 aromatic carbocycles. The molecule has 23 heavy (non-hydrogen) atoms. The van der Waals surface area contributed by atoms with E-state index in [1.165, 1.54) is 0 Å². The zero-order valence-electron chi connectivity index (χ0n) is 13.0. The van der Waals surface area contributed by atoms with E-state index < -0.39 is 0 Å². The van der Waals surface area contributed by atoms with Crippen molar-refractivity contribution < 1.29 is 9.13 Å². The first-order valence-electron chi connectivity index (χ1n) is 8.09. The van der Waals surface area contributed by atoms with Crippen LogP contribution in [-0.4, -0.2) is 16.4 Å². The van der Waals surface area contributed by atoms with E-state index >= 15 is 0 Å². The highest BCUT2D eigenvalue weighted by Gasteiger charge is 2.21. The fourth-order valence-electron chi connectivity index (χ4n) is 3.48. The van der Waals surface area contributed by atoms with Crippen LogP contribution >= 0.6 is 15.9 Å². The first-order chi connectivity index (χ1) is 11.2. The van der Waals surface area contributed by atoms with Crippen molar-refractivity contribution in [2.24, 2.45) is 0 Å². The first-order valence-corrected chi connectivity index (χ1v) is 8.88. The van der Waals surface area contributed by atoms with Crippen LogP contribution in [0.4, 0.5) is 4.39 Å². The third-order valence-electron chi connectivity index (χ3n) is 4.65. The minimum Gasteiger partial charge on any atom is -0.356 e. The summed E-state index contributed by atoms with van der Waals surface area (Å²) in [6.45, 7) is 2.76. The van der Waals surface area contributed by atoms with Crippen molar-refractivity contribution in [2.45, 2.75) is 38.8 Å². The maximum atomic E-state index is 14.1. The number of fused-ring (bicyclic) bond motifs is 2. The van der Waals surface area contributed by atoms with Crippen LogP contribution in [0.15, 0.2) is 28.9 Å². The third kappa shape index (κ3) is 2.37. The molecule has 0 bridgehead atoms. The van der Waals surface area contributed by atoms with Crippen molar-refractivity contribution in [3.8, 4) is 0 Å². The van der Waals surface area contributed by atoms with Gasteiger partial charge in [0.1, 0.15) is 5.82 Å². The molecule has 5 heteroatoms. The van der Waals surface area contributed by atoms with E-state index in [1.807, 2.05) is 23.9 Å². The van der Waals surface area contributed by atoms with E-state index in [1.54, 1.807) is 6.07 Å². The minimum absolute atomic E-state index is 0.00306. The molecule has 3 aromatic rings. The predicted octanol–water partition coefficient (Wildman–Crippen LogP) is 5.35. The molecule has 0 aliphatic carbocycles.